The largest absolute Gasteiger partial charge is 0.344 e. The van der Waals surface area contributed by atoms with Gasteiger partial charge in [-0.15, -0.1) is 0 Å². The number of carbonyl (C=O) groups excluding carboxylic acids is 2. The first-order valence-corrected chi connectivity index (χ1v) is 8.05. The third-order valence-electron chi connectivity index (χ3n) is 4.10. The van der Waals surface area contributed by atoms with Crippen LogP contribution in [0.3, 0.4) is 0 Å². The Kier molecular flexibility index (Phi) is 3.50. The first-order valence-electron chi connectivity index (χ1n) is 6.90. The number of hydrogen-bond donors (Lipinski definition) is 1. The lowest BCUT2D eigenvalue weighted by Gasteiger charge is -2.26. The molecular weight excluding hydrogens is 248 g/mol. The van der Waals surface area contributed by atoms with Crippen LogP contribution in [-0.4, -0.2) is 47.4 Å². The Morgan fingerprint density at radius 2 is 2.11 bits per heavy atom. The third-order valence-corrected chi connectivity index (χ3v) is 5.33. The maximum absolute atomic E-state index is 12.5. The summed E-state index contributed by atoms with van der Waals surface area (Å²) in [5.74, 6) is 3.63. The Morgan fingerprint density at radius 1 is 1.28 bits per heavy atom. The summed E-state index contributed by atoms with van der Waals surface area (Å²) in [7, 11) is 0. The minimum atomic E-state index is -0.228. The number of carbonyl (C=O) groups is 2. The van der Waals surface area contributed by atoms with Crippen LogP contribution in [-0.2, 0) is 9.59 Å². The number of amides is 2. The zero-order valence-corrected chi connectivity index (χ0v) is 11.4. The van der Waals surface area contributed by atoms with Gasteiger partial charge in [-0.25, -0.2) is 0 Å². The van der Waals surface area contributed by atoms with Crippen molar-refractivity contribution in [2.45, 2.75) is 31.7 Å². The summed E-state index contributed by atoms with van der Waals surface area (Å²) in [4.78, 5) is 26.1. The van der Waals surface area contributed by atoms with E-state index in [1.807, 2.05) is 16.7 Å². The van der Waals surface area contributed by atoms with Crippen molar-refractivity contribution in [3.63, 3.8) is 0 Å². The van der Waals surface area contributed by atoms with E-state index in [4.69, 9.17) is 0 Å². The smallest absolute Gasteiger partial charge is 0.245 e. The number of nitrogens with one attached hydrogen (secondary N) is 1. The molecule has 2 unspecified atom stereocenters. The standard InChI is InChI=1S/C13H20N2O2S/c16-11-3-5-15(7-9-4-6-18-8-9)13(17)12(14-11)10-1-2-10/h9-10,12H,1-8H2,(H,14,16). The summed E-state index contributed by atoms with van der Waals surface area (Å²) >= 11 is 1.98. The van der Waals surface area contributed by atoms with Crippen LogP contribution in [0.2, 0.25) is 0 Å². The fourth-order valence-corrected chi connectivity index (χ4v) is 4.09. The molecule has 2 aliphatic heterocycles. The molecule has 4 nitrogen and oxygen atoms in total. The van der Waals surface area contributed by atoms with Gasteiger partial charge in [0.05, 0.1) is 0 Å². The molecule has 3 aliphatic rings. The van der Waals surface area contributed by atoms with Crippen LogP contribution < -0.4 is 5.32 Å². The highest BCUT2D eigenvalue weighted by Crippen LogP contribution is 2.34. The third kappa shape index (κ3) is 2.66. The average molecular weight is 268 g/mol. The van der Waals surface area contributed by atoms with Gasteiger partial charge < -0.3 is 10.2 Å². The van der Waals surface area contributed by atoms with Gasteiger partial charge in [-0.2, -0.15) is 11.8 Å². The van der Waals surface area contributed by atoms with Crippen molar-refractivity contribution in [3.05, 3.63) is 0 Å². The van der Waals surface area contributed by atoms with Gasteiger partial charge in [-0.3, -0.25) is 9.59 Å². The molecule has 0 bridgehead atoms. The van der Waals surface area contributed by atoms with Crippen LogP contribution in [0.4, 0.5) is 0 Å². The van der Waals surface area contributed by atoms with E-state index < -0.39 is 0 Å². The second-order valence-corrected chi connectivity index (χ2v) is 6.80. The number of nitrogens with zero attached hydrogens (tertiary/aromatic N) is 1. The number of thioether (sulfide) groups is 1. The summed E-state index contributed by atoms with van der Waals surface area (Å²) in [6.07, 6.45) is 3.85. The van der Waals surface area contributed by atoms with Crippen LogP contribution in [0.5, 0.6) is 0 Å². The molecule has 18 heavy (non-hydrogen) atoms. The van der Waals surface area contributed by atoms with Gasteiger partial charge in [0.15, 0.2) is 0 Å². The monoisotopic (exact) mass is 268 g/mol. The highest BCUT2D eigenvalue weighted by molar-refractivity contribution is 7.99. The molecule has 5 heteroatoms. The van der Waals surface area contributed by atoms with Gasteiger partial charge >= 0.3 is 0 Å². The van der Waals surface area contributed by atoms with E-state index in [9.17, 15) is 9.59 Å². The molecule has 1 saturated carbocycles. The lowest BCUT2D eigenvalue weighted by molar-refractivity contribution is -0.134. The summed E-state index contributed by atoms with van der Waals surface area (Å²) in [5, 5.41) is 2.91. The van der Waals surface area contributed by atoms with Crippen LogP contribution in [0.25, 0.3) is 0 Å². The minimum absolute atomic E-state index is 0.0450. The molecule has 2 heterocycles. The number of rotatable bonds is 3. The average Bonchev–Trinajstić information content (AvgIpc) is 3.09. The first kappa shape index (κ1) is 12.3. The Morgan fingerprint density at radius 3 is 2.78 bits per heavy atom. The molecule has 0 aromatic rings. The molecule has 2 amide bonds. The molecule has 3 fully saturated rings. The van der Waals surface area contributed by atoms with E-state index in [2.05, 4.69) is 5.32 Å². The van der Waals surface area contributed by atoms with E-state index in [-0.39, 0.29) is 17.9 Å². The van der Waals surface area contributed by atoms with Gasteiger partial charge in [-0.1, -0.05) is 0 Å². The Labute approximate surface area is 112 Å². The molecular formula is C13H20N2O2S. The molecule has 1 N–H and O–H groups in total. The van der Waals surface area contributed by atoms with Crippen molar-refractivity contribution in [1.29, 1.82) is 0 Å². The van der Waals surface area contributed by atoms with E-state index in [0.717, 1.165) is 19.4 Å². The second kappa shape index (κ2) is 5.11. The minimum Gasteiger partial charge on any atom is -0.344 e. The molecule has 0 radical (unpaired) electrons. The van der Waals surface area contributed by atoms with Crippen molar-refractivity contribution >= 4 is 23.6 Å². The summed E-state index contributed by atoms with van der Waals surface area (Å²) in [6.45, 7) is 1.46. The maximum Gasteiger partial charge on any atom is 0.245 e. The summed E-state index contributed by atoms with van der Waals surface area (Å²) in [5.41, 5.74) is 0. The zero-order valence-electron chi connectivity index (χ0n) is 10.6. The normalized spacial score (nSPS) is 33.4. The van der Waals surface area contributed by atoms with Crippen molar-refractivity contribution in [2.75, 3.05) is 24.6 Å². The summed E-state index contributed by atoms with van der Waals surface area (Å²) < 4.78 is 0. The van der Waals surface area contributed by atoms with Gasteiger partial charge in [0.25, 0.3) is 0 Å². The molecule has 2 atom stereocenters. The predicted octanol–water partition coefficient (Wildman–Crippen LogP) is 0.867. The Hall–Kier alpha value is -0.710. The molecule has 100 valence electrons. The lowest BCUT2D eigenvalue weighted by atomic mass is 10.1. The first-order chi connectivity index (χ1) is 8.74. The van der Waals surface area contributed by atoms with E-state index in [0.29, 0.717) is 24.8 Å². The Bertz CT molecular complexity index is 351. The fourth-order valence-electron chi connectivity index (χ4n) is 2.82. The second-order valence-electron chi connectivity index (χ2n) is 5.65. The van der Waals surface area contributed by atoms with Crippen molar-refractivity contribution in [2.24, 2.45) is 11.8 Å². The molecule has 1 aliphatic carbocycles. The molecule has 2 saturated heterocycles. The molecule has 0 aromatic carbocycles. The van der Waals surface area contributed by atoms with Gasteiger partial charge in [0.1, 0.15) is 6.04 Å². The maximum atomic E-state index is 12.5. The zero-order chi connectivity index (χ0) is 12.5. The topological polar surface area (TPSA) is 49.4 Å². The highest BCUT2D eigenvalue weighted by Gasteiger charge is 2.41. The number of hydrogen-bond acceptors (Lipinski definition) is 3. The SMILES string of the molecule is O=C1CCN(CC2CCSC2)C(=O)C(C2CC2)N1. The lowest BCUT2D eigenvalue weighted by Crippen LogP contribution is -2.47. The molecule has 3 rings (SSSR count). The quantitative estimate of drug-likeness (QED) is 0.826. The Balaban J connectivity index is 1.67. The predicted molar refractivity (Wildman–Crippen MR) is 71.3 cm³/mol. The van der Waals surface area contributed by atoms with Crippen molar-refractivity contribution in [1.82, 2.24) is 10.2 Å². The van der Waals surface area contributed by atoms with Crippen LogP contribution in [0.15, 0.2) is 0 Å². The van der Waals surface area contributed by atoms with Gasteiger partial charge in [0.2, 0.25) is 11.8 Å². The van der Waals surface area contributed by atoms with Crippen LogP contribution >= 0.6 is 11.8 Å². The van der Waals surface area contributed by atoms with Gasteiger partial charge in [0, 0.05) is 19.5 Å². The van der Waals surface area contributed by atoms with Gasteiger partial charge in [-0.05, 0) is 42.6 Å². The van der Waals surface area contributed by atoms with Crippen LogP contribution in [0.1, 0.15) is 25.7 Å². The van der Waals surface area contributed by atoms with E-state index >= 15 is 0 Å². The van der Waals surface area contributed by atoms with E-state index in [1.165, 1.54) is 17.9 Å². The highest BCUT2D eigenvalue weighted by atomic mass is 32.2. The summed E-state index contributed by atoms with van der Waals surface area (Å²) in [6, 6.07) is -0.228. The van der Waals surface area contributed by atoms with Crippen LogP contribution in [0, 0.1) is 11.8 Å². The van der Waals surface area contributed by atoms with Crippen molar-refractivity contribution in [3.8, 4) is 0 Å². The molecule has 0 spiro atoms. The molecule has 0 aromatic heterocycles. The fraction of sp³-hybridized carbons (Fsp3) is 0.846. The van der Waals surface area contributed by atoms with E-state index in [1.54, 1.807) is 0 Å². The van der Waals surface area contributed by atoms with Crippen molar-refractivity contribution < 1.29 is 9.59 Å².